The molecule has 1 aromatic heterocycles. The Morgan fingerprint density at radius 1 is 1.07 bits per heavy atom. The molecular weight excluding hydrogens is 368 g/mol. The van der Waals surface area contributed by atoms with Gasteiger partial charge in [-0.15, -0.1) is 0 Å². The Hall–Kier alpha value is -1.52. The molecular formula is C19H28N2O7. The van der Waals surface area contributed by atoms with Gasteiger partial charge in [0, 0.05) is 31.9 Å². The minimum atomic E-state index is -0.643. The Morgan fingerprint density at radius 3 is 2.50 bits per heavy atom. The first-order chi connectivity index (χ1) is 13.7. The summed E-state index contributed by atoms with van der Waals surface area (Å²) < 4.78 is 30.8. The van der Waals surface area contributed by atoms with Gasteiger partial charge in [0.25, 0.3) is 5.56 Å². The van der Waals surface area contributed by atoms with Crippen LogP contribution >= 0.6 is 0 Å². The number of rotatable bonds is 6. The molecule has 0 bridgehead atoms. The van der Waals surface area contributed by atoms with E-state index in [4.69, 9.17) is 23.7 Å². The van der Waals surface area contributed by atoms with E-state index < -0.39 is 17.5 Å². The van der Waals surface area contributed by atoms with Crippen LogP contribution in [-0.2, 0) is 23.7 Å². The zero-order valence-corrected chi connectivity index (χ0v) is 15.9. The fourth-order valence-electron chi connectivity index (χ4n) is 3.89. The quantitative estimate of drug-likeness (QED) is 0.773. The van der Waals surface area contributed by atoms with Gasteiger partial charge >= 0.3 is 5.69 Å². The maximum absolute atomic E-state index is 12.3. The van der Waals surface area contributed by atoms with E-state index >= 15 is 0 Å². The highest BCUT2D eigenvalue weighted by Crippen LogP contribution is 2.33. The van der Waals surface area contributed by atoms with Crippen LogP contribution in [0.15, 0.2) is 21.9 Å². The molecule has 3 fully saturated rings. The minimum Gasteiger partial charge on any atom is -0.353 e. The normalized spacial score (nSPS) is 33.8. The second kappa shape index (κ2) is 9.32. The van der Waals surface area contributed by atoms with E-state index in [1.54, 1.807) is 0 Å². The SMILES string of the molecule is O=c1ccn([C@@H]2O[C@H](COC3CCCCO3)C[C@H]2OC2CCCCO2)c(=O)[nH]1. The van der Waals surface area contributed by atoms with Crippen molar-refractivity contribution in [3.05, 3.63) is 33.1 Å². The van der Waals surface area contributed by atoms with Crippen molar-refractivity contribution in [3.8, 4) is 0 Å². The van der Waals surface area contributed by atoms with E-state index in [0.29, 0.717) is 19.6 Å². The minimum absolute atomic E-state index is 0.201. The summed E-state index contributed by atoms with van der Waals surface area (Å²) in [7, 11) is 0. The zero-order valence-electron chi connectivity index (χ0n) is 15.9. The average molecular weight is 396 g/mol. The zero-order chi connectivity index (χ0) is 19.3. The van der Waals surface area contributed by atoms with Crippen molar-refractivity contribution in [2.75, 3.05) is 19.8 Å². The first kappa shape index (κ1) is 19.8. The summed E-state index contributed by atoms with van der Waals surface area (Å²) in [5.74, 6) is 0. The molecule has 2 unspecified atom stereocenters. The van der Waals surface area contributed by atoms with Crippen molar-refractivity contribution in [3.63, 3.8) is 0 Å². The summed E-state index contributed by atoms with van der Waals surface area (Å²) in [5.41, 5.74) is -0.963. The molecule has 9 heteroatoms. The molecule has 1 aromatic rings. The summed E-state index contributed by atoms with van der Waals surface area (Å²) in [4.78, 5) is 25.9. The molecule has 4 heterocycles. The second-order valence-corrected chi connectivity index (χ2v) is 7.50. The van der Waals surface area contributed by atoms with Crippen LogP contribution in [0.5, 0.6) is 0 Å². The summed E-state index contributed by atoms with van der Waals surface area (Å²) in [6.45, 7) is 1.76. The third kappa shape index (κ3) is 4.90. The lowest BCUT2D eigenvalue weighted by Gasteiger charge is -2.28. The predicted octanol–water partition coefficient (Wildman–Crippen LogP) is 1.28. The highest BCUT2D eigenvalue weighted by Gasteiger charge is 2.40. The van der Waals surface area contributed by atoms with Crippen LogP contribution in [0.4, 0.5) is 0 Å². The van der Waals surface area contributed by atoms with Crippen molar-refractivity contribution in [2.45, 2.75) is 76.0 Å². The van der Waals surface area contributed by atoms with Gasteiger partial charge in [-0.2, -0.15) is 0 Å². The Bertz CT molecular complexity index is 736. The topological polar surface area (TPSA) is 101 Å². The number of H-pyrrole nitrogens is 1. The Kier molecular flexibility index (Phi) is 6.58. The summed E-state index contributed by atoms with van der Waals surface area (Å²) >= 11 is 0. The van der Waals surface area contributed by atoms with Gasteiger partial charge in [-0.05, 0) is 38.5 Å². The molecule has 28 heavy (non-hydrogen) atoms. The van der Waals surface area contributed by atoms with E-state index in [2.05, 4.69) is 4.98 Å². The molecule has 0 saturated carbocycles. The predicted molar refractivity (Wildman–Crippen MR) is 97.9 cm³/mol. The van der Waals surface area contributed by atoms with E-state index in [0.717, 1.165) is 45.1 Å². The van der Waals surface area contributed by atoms with Crippen molar-refractivity contribution in [1.82, 2.24) is 9.55 Å². The number of hydrogen-bond acceptors (Lipinski definition) is 7. The lowest BCUT2D eigenvalue weighted by Crippen LogP contribution is -2.37. The monoisotopic (exact) mass is 396 g/mol. The van der Waals surface area contributed by atoms with Crippen LogP contribution < -0.4 is 11.2 Å². The summed E-state index contributed by atoms with van der Waals surface area (Å²) in [5, 5.41) is 0. The molecule has 0 aromatic carbocycles. The summed E-state index contributed by atoms with van der Waals surface area (Å²) in [6.07, 6.45) is 6.20. The first-order valence-corrected chi connectivity index (χ1v) is 10.2. The Balaban J connectivity index is 1.44. The highest BCUT2D eigenvalue weighted by molar-refractivity contribution is 4.90. The Labute approximate surface area is 162 Å². The smallest absolute Gasteiger partial charge is 0.330 e. The molecule has 1 N–H and O–H groups in total. The molecule has 3 aliphatic rings. The molecule has 5 atom stereocenters. The molecule has 3 saturated heterocycles. The van der Waals surface area contributed by atoms with Gasteiger partial charge in [0.15, 0.2) is 18.8 Å². The molecule has 0 spiro atoms. The van der Waals surface area contributed by atoms with Crippen molar-refractivity contribution in [1.29, 1.82) is 0 Å². The number of aromatic nitrogens is 2. The van der Waals surface area contributed by atoms with E-state index in [1.165, 1.54) is 16.8 Å². The molecule has 3 aliphatic heterocycles. The maximum Gasteiger partial charge on any atom is 0.330 e. The van der Waals surface area contributed by atoms with Crippen molar-refractivity contribution in [2.24, 2.45) is 0 Å². The van der Waals surface area contributed by atoms with Gasteiger partial charge in [0.2, 0.25) is 0 Å². The van der Waals surface area contributed by atoms with Gasteiger partial charge in [0.05, 0.1) is 12.7 Å². The first-order valence-electron chi connectivity index (χ1n) is 10.2. The number of nitrogens with one attached hydrogen (secondary N) is 1. The molecule has 0 radical (unpaired) electrons. The fourth-order valence-corrected chi connectivity index (χ4v) is 3.89. The van der Waals surface area contributed by atoms with Gasteiger partial charge in [-0.25, -0.2) is 4.79 Å². The third-order valence-corrected chi connectivity index (χ3v) is 5.34. The van der Waals surface area contributed by atoms with Crippen LogP contribution in [0, 0.1) is 0 Å². The number of nitrogens with zero attached hydrogens (tertiary/aromatic N) is 1. The molecule has 0 amide bonds. The molecule has 156 valence electrons. The van der Waals surface area contributed by atoms with E-state index in [-0.39, 0.29) is 24.8 Å². The van der Waals surface area contributed by atoms with Crippen LogP contribution in [0.25, 0.3) is 0 Å². The number of ether oxygens (including phenoxy) is 5. The van der Waals surface area contributed by atoms with Crippen LogP contribution in [-0.4, -0.2) is 54.2 Å². The van der Waals surface area contributed by atoms with Gasteiger partial charge in [-0.3, -0.25) is 14.3 Å². The third-order valence-electron chi connectivity index (χ3n) is 5.34. The van der Waals surface area contributed by atoms with Gasteiger partial charge in [-0.1, -0.05) is 0 Å². The van der Waals surface area contributed by atoms with E-state index in [9.17, 15) is 9.59 Å². The maximum atomic E-state index is 12.3. The van der Waals surface area contributed by atoms with Gasteiger partial charge in [0.1, 0.15) is 6.10 Å². The lowest BCUT2D eigenvalue weighted by atomic mass is 10.1. The van der Waals surface area contributed by atoms with Crippen molar-refractivity contribution >= 4 is 0 Å². The van der Waals surface area contributed by atoms with Crippen molar-refractivity contribution < 1.29 is 23.7 Å². The number of aromatic amines is 1. The fraction of sp³-hybridized carbons (Fsp3) is 0.789. The second-order valence-electron chi connectivity index (χ2n) is 7.50. The Morgan fingerprint density at radius 2 is 1.82 bits per heavy atom. The van der Waals surface area contributed by atoms with Gasteiger partial charge < -0.3 is 23.7 Å². The molecule has 0 aliphatic carbocycles. The standard InChI is InChI=1S/C19H28N2O7/c22-15-7-8-21(19(23)20-15)18-14(28-17-6-2-4-10-25-17)11-13(27-18)12-26-16-5-1-3-9-24-16/h7-8,13-14,16-18H,1-6,9-12H2,(H,20,22,23)/t13-,14+,16?,17?,18+/m0/s1. The summed E-state index contributed by atoms with van der Waals surface area (Å²) in [6, 6.07) is 1.30. The number of hydrogen-bond donors (Lipinski definition) is 1. The van der Waals surface area contributed by atoms with Crippen LogP contribution in [0.1, 0.15) is 51.2 Å². The lowest BCUT2D eigenvalue weighted by molar-refractivity contribution is -0.207. The van der Waals surface area contributed by atoms with E-state index in [1.807, 2.05) is 0 Å². The average Bonchev–Trinajstić information content (AvgIpc) is 3.10. The molecule has 9 nitrogen and oxygen atoms in total. The van der Waals surface area contributed by atoms with Crippen LogP contribution in [0.2, 0.25) is 0 Å². The molecule has 4 rings (SSSR count). The van der Waals surface area contributed by atoms with Crippen LogP contribution in [0.3, 0.4) is 0 Å². The largest absolute Gasteiger partial charge is 0.353 e. The highest BCUT2D eigenvalue weighted by atomic mass is 16.7.